The monoisotopic (exact) mass is 317 g/mol. The Hall–Kier alpha value is -1.33. The zero-order valence-electron chi connectivity index (χ0n) is 12.2. The summed E-state index contributed by atoms with van der Waals surface area (Å²) in [6.45, 7) is 4.23. The predicted molar refractivity (Wildman–Crippen MR) is 92.2 cm³/mol. The van der Waals surface area contributed by atoms with Crippen LogP contribution in [0.4, 0.5) is 0 Å². The number of rotatable bonds is 4. The number of thioether (sulfide) groups is 1. The lowest BCUT2D eigenvalue weighted by Crippen LogP contribution is -2.22. The minimum absolute atomic E-state index is 0.227. The topological polar surface area (TPSA) is 37.3 Å². The van der Waals surface area contributed by atoms with Crippen molar-refractivity contribution in [3.63, 3.8) is 0 Å². The van der Waals surface area contributed by atoms with Gasteiger partial charge in [-0.25, -0.2) is 4.98 Å². The third-order valence-electron chi connectivity index (χ3n) is 3.38. The van der Waals surface area contributed by atoms with Crippen LogP contribution in [0.3, 0.4) is 0 Å². The van der Waals surface area contributed by atoms with Gasteiger partial charge in [-0.1, -0.05) is 42.1 Å². The first kappa shape index (κ1) is 14.6. The average molecular weight is 317 g/mol. The van der Waals surface area contributed by atoms with Gasteiger partial charge in [0.15, 0.2) is 5.17 Å². The number of amidine groups is 1. The minimum Gasteiger partial charge on any atom is -0.356 e. The number of aliphatic imine (C=N–C) groups is 1. The standard InChI is InChI=1S/C16H19N3S2/c1-11-9-17-15(21-11)12(2)18-16-19-14(10-20-16)8-13-6-4-3-5-7-13/h3-7,9,12,14H,8,10H2,1-2H3,(H,18,19). The predicted octanol–water partition coefficient (Wildman–Crippen LogP) is 3.82. The SMILES string of the molecule is Cc1cnc(C(C)NC2=NC(Cc3ccccc3)CS2)s1. The van der Waals surface area contributed by atoms with Crippen molar-refractivity contribution in [1.82, 2.24) is 10.3 Å². The molecule has 2 heterocycles. The molecule has 0 radical (unpaired) electrons. The summed E-state index contributed by atoms with van der Waals surface area (Å²) < 4.78 is 0. The Bertz CT molecular complexity index is 621. The quantitative estimate of drug-likeness (QED) is 0.931. The van der Waals surface area contributed by atoms with Gasteiger partial charge in [-0.3, -0.25) is 4.99 Å². The van der Waals surface area contributed by atoms with Crippen molar-refractivity contribution in [1.29, 1.82) is 0 Å². The number of hydrogen-bond acceptors (Lipinski definition) is 5. The van der Waals surface area contributed by atoms with Gasteiger partial charge in [0.1, 0.15) is 5.01 Å². The van der Waals surface area contributed by atoms with Crippen molar-refractivity contribution in [2.75, 3.05) is 5.75 Å². The van der Waals surface area contributed by atoms with Crippen molar-refractivity contribution in [2.24, 2.45) is 4.99 Å². The summed E-state index contributed by atoms with van der Waals surface area (Å²) in [7, 11) is 0. The summed E-state index contributed by atoms with van der Waals surface area (Å²) in [6, 6.07) is 11.2. The zero-order valence-corrected chi connectivity index (χ0v) is 13.9. The van der Waals surface area contributed by atoms with Crippen LogP contribution in [-0.2, 0) is 6.42 Å². The molecule has 0 saturated carbocycles. The van der Waals surface area contributed by atoms with Gasteiger partial charge in [-0.2, -0.15) is 0 Å². The second-order valence-corrected chi connectivity index (χ2v) is 7.54. The van der Waals surface area contributed by atoms with Gasteiger partial charge < -0.3 is 5.32 Å². The molecule has 3 rings (SSSR count). The molecule has 1 aliphatic heterocycles. The van der Waals surface area contributed by atoms with E-state index in [-0.39, 0.29) is 6.04 Å². The lowest BCUT2D eigenvalue weighted by Gasteiger charge is -2.11. The molecule has 2 unspecified atom stereocenters. The maximum Gasteiger partial charge on any atom is 0.157 e. The molecule has 0 spiro atoms. The molecular weight excluding hydrogens is 298 g/mol. The first-order chi connectivity index (χ1) is 10.2. The van der Waals surface area contributed by atoms with Crippen molar-refractivity contribution in [3.05, 3.63) is 52.0 Å². The first-order valence-electron chi connectivity index (χ1n) is 7.14. The van der Waals surface area contributed by atoms with Crippen molar-refractivity contribution >= 4 is 28.3 Å². The van der Waals surface area contributed by atoms with Gasteiger partial charge in [0.05, 0.1) is 12.1 Å². The third-order valence-corrected chi connectivity index (χ3v) is 5.52. The molecule has 1 N–H and O–H groups in total. The molecule has 3 nitrogen and oxygen atoms in total. The normalized spacial score (nSPS) is 19.3. The Labute approximate surface area is 133 Å². The van der Waals surface area contributed by atoms with E-state index in [0.29, 0.717) is 6.04 Å². The fourth-order valence-electron chi connectivity index (χ4n) is 2.30. The summed E-state index contributed by atoms with van der Waals surface area (Å²) in [5.41, 5.74) is 1.36. The summed E-state index contributed by atoms with van der Waals surface area (Å²) >= 11 is 3.56. The first-order valence-corrected chi connectivity index (χ1v) is 8.94. The molecule has 1 aliphatic rings. The second-order valence-electron chi connectivity index (χ2n) is 5.26. The van der Waals surface area contributed by atoms with Gasteiger partial charge in [0.25, 0.3) is 0 Å². The fraction of sp³-hybridized carbons (Fsp3) is 0.375. The Morgan fingerprint density at radius 3 is 2.86 bits per heavy atom. The molecular formula is C16H19N3S2. The molecule has 1 aromatic heterocycles. The summed E-state index contributed by atoms with van der Waals surface area (Å²) in [4.78, 5) is 10.5. The number of thiazole rings is 1. The average Bonchev–Trinajstić information content (AvgIpc) is 3.09. The zero-order chi connectivity index (χ0) is 14.7. The van der Waals surface area contributed by atoms with E-state index in [9.17, 15) is 0 Å². The molecule has 0 bridgehead atoms. The third kappa shape index (κ3) is 3.86. The van der Waals surface area contributed by atoms with Gasteiger partial charge in [-0.15, -0.1) is 11.3 Å². The number of aromatic nitrogens is 1. The molecule has 0 aliphatic carbocycles. The van der Waals surface area contributed by atoms with Crippen LogP contribution in [-0.4, -0.2) is 21.9 Å². The van der Waals surface area contributed by atoms with Crippen molar-refractivity contribution in [3.8, 4) is 0 Å². The Morgan fingerprint density at radius 2 is 2.14 bits per heavy atom. The van der Waals surface area contributed by atoms with Crippen LogP contribution in [0.1, 0.15) is 28.4 Å². The highest BCUT2D eigenvalue weighted by molar-refractivity contribution is 8.14. The van der Waals surface area contributed by atoms with Crippen molar-refractivity contribution < 1.29 is 0 Å². The molecule has 0 saturated heterocycles. The maximum absolute atomic E-state index is 4.80. The van der Waals surface area contributed by atoms with E-state index < -0.39 is 0 Å². The number of nitrogens with zero attached hydrogens (tertiary/aromatic N) is 2. The van der Waals surface area contributed by atoms with E-state index in [1.807, 2.05) is 18.0 Å². The lowest BCUT2D eigenvalue weighted by molar-refractivity contribution is 0.703. The van der Waals surface area contributed by atoms with E-state index in [2.05, 4.69) is 54.5 Å². The van der Waals surface area contributed by atoms with Gasteiger partial charge >= 0.3 is 0 Å². The van der Waals surface area contributed by atoms with Crippen LogP contribution >= 0.6 is 23.1 Å². The summed E-state index contributed by atoms with van der Waals surface area (Å²) in [6.07, 6.45) is 2.95. The smallest absolute Gasteiger partial charge is 0.157 e. The summed E-state index contributed by atoms with van der Waals surface area (Å²) in [5, 5.41) is 5.66. The molecule has 110 valence electrons. The van der Waals surface area contributed by atoms with Crippen LogP contribution in [0.2, 0.25) is 0 Å². The summed E-state index contributed by atoms with van der Waals surface area (Å²) in [5.74, 6) is 1.06. The van der Waals surface area contributed by atoms with E-state index in [1.54, 1.807) is 11.3 Å². The largest absolute Gasteiger partial charge is 0.356 e. The number of nitrogens with one attached hydrogen (secondary N) is 1. The van der Waals surface area contributed by atoms with E-state index in [1.165, 1.54) is 10.4 Å². The second kappa shape index (κ2) is 6.62. The van der Waals surface area contributed by atoms with Gasteiger partial charge in [0.2, 0.25) is 0 Å². The van der Waals surface area contributed by atoms with Crippen molar-refractivity contribution in [2.45, 2.75) is 32.4 Å². The van der Waals surface area contributed by atoms with Gasteiger partial charge in [0, 0.05) is 16.8 Å². The minimum atomic E-state index is 0.227. The molecule has 0 fully saturated rings. The molecule has 2 aromatic rings. The Morgan fingerprint density at radius 1 is 1.33 bits per heavy atom. The molecule has 21 heavy (non-hydrogen) atoms. The Balaban J connectivity index is 1.58. The highest BCUT2D eigenvalue weighted by Gasteiger charge is 2.20. The highest BCUT2D eigenvalue weighted by atomic mass is 32.2. The molecule has 5 heteroatoms. The van der Waals surface area contributed by atoms with Crippen LogP contribution in [0.5, 0.6) is 0 Å². The maximum atomic E-state index is 4.80. The van der Waals surface area contributed by atoms with Crippen LogP contribution < -0.4 is 5.32 Å². The van der Waals surface area contributed by atoms with E-state index in [4.69, 9.17) is 4.99 Å². The fourth-order valence-corrected chi connectivity index (χ4v) is 4.11. The molecule has 1 aromatic carbocycles. The van der Waals surface area contributed by atoms with Crippen LogP contribution in [0.25, 0.3) is 0 Å². The number of benzene rings is 1. The Kier molecular flexibility index (Phi) is 4.60. The van der Waals surface area contributed by atoms with Crippen LogP contribution in [0, 0.1) is 6.92 Å². The lowest BCUT2D eigenvalue weighted by atomic mass is 10.1. The van der Waals surface area contributed by atoms with Gasteiger partial charge in [-0.05, 0) is 25.8 Å². The highest BCUT2D eigenvalue weighted by Crippen LogP contribution is 2.24. The number of aryl methyl sites for hydroxylation is 1. The van der Waals surface area contributed by atoms with E-state index in [0.717, 1.165) is 22.3 Å². The molecule has 0 amide bonds. The number of hydrogen-bond donors (Lipinski definition) is 1. The van der Waals surface area contributed by atoms with Crippen LogP contribution in [0.15, 0.2) is 41.5 Å². The van der Waals surface area contributed by atoms with E-state index >= 15 is 0 Å². The molecule has 2 atom stereocenters.